The van der Waals surface area contributed by atoms with Gasteiger partial charge in [0.05, 0.1) is 19.8 Å². The Bertz CT molecular complexity index is 99.5. The molecule has 0 unspecified atom stereocenters. The zero-order valence-electron chi connectivity index (χ0n) is 5.56. The van der Waals surface area contributed by atoms with Crippen molar-refractivity contribution in [2.45, 2.75) is 12.8 Å². The molecule has 1 spiro atoms. The van der Waals surface area contributed by atoms with Crippen molar-refractivity contribution in [1.29, 1.82) is 0 Å². The predicted octanol–water partition coefficient (Wildman–Crippen LogP) is 0.813. The molecule has 0 aromatic rings. The fourth-order valence-electron chi connectivity index (χ4n) is 1.53. The minimum absolute atomic E-state index is 0.457. The lowest BCUT2D eigenvalue weighted by Crippen LogP contribution is -2.48. The summed E-state index contributed by atoms with van der Waals surface area (Å²) in [5.41, 5.74) is 0.457. The van der Waals surface area contributed by atoms with E-state index in [0.29, 0.717) is 5.41 Å². The first-order valence-corrected chi connectivity index (χ1v) is 3.57. The summed E-state index contributed by atoms with van der Waals surface area (Å²) in [5.74, 6) is 0. The van der Waals surface area contributed by atoms with Crippen molar-refractivity contribution in [1.82, 2.24) is 0 Å². The molecule has 2 heterocycles. The van der Waals surface area contributed by atoms with Crippen LogP contribution in [0.2, 0.25) is 0 Å². The molecule has 0 N–H and O–H groups in total. The second-order valence-electron chi connectivity index (χ2n) is 3.15. The SMILES string of the molecule is C1COCC2(C1)COC2. The number of hydrogen-bond donors (Lipinski definition) is 0. The molecule has 0 amide bonds. The largest absolute Gasteiger partial charge is 0.381 e. The van der Waals surface area contributed by atoms with Crippen molar-refractivity contribution in [2.75, 3.05) is 26.4 Å². The van der Waals surface area contributed by atoms with Gasteiger partial charge in [-0.1, -0.05) is 0 Å². The summed E-state index contributed by atoms with van der Waals surface area (Å²) >= 11 is 0. The summed E-state index contributed by atoms with van der Waals surface area (Å²) in [6.07, 6.45) is 2.54. The van der Waals surface area contributed by atoms with Crippen LogP contribution in [-0.4, -0.2) is 26.4 Å². The van der Waals surface area contributed by atoms with E-state index >= 15 is 0 Å². The Kier molecular flexibility index (Phi) is 1.24. The smallest absolute Gasteiger partial charge is 0.0567 e. The van der Waals surface area contributed by atoms with E-state index < -0.39 is 0 Å². The highest BCUT2D eigenvalue weighted by Crippen LogP contribution is 2.35. The first-order valence-electron chi connectivity index (χ1n) is 3.57. The highest BCUT2D eigenvalue weighted by Gasteiger charge is 2.39. The fourth-order valence-corrected chi connectivity index (χ4v) is 1.53. The van der Waals surface area contributed by atoms with E-state index in [-0.39, 0.29) is 0 Å². The van der Waals surface area contributed by atoms with Crippen molar-refractivity contribution < 1.29 is 9.47 Å². The highest BCUT2D eigenvalue weighted by molar-refractivity contribution is 4.87. The van der Waals surface area contributed by atoms with Gasteiger partial charge in [-0.25, -0.2) is 0 Å². The van der Waals surface area contributed by atoms with Crippen LogP contribution < -0.4 is 0 Å². The van der Waals surface area contributed by atoms with E-state index in [9.17, 15) is 0 Å². The van der Waals surface area contributed by atoms with Crippen LogP contribution in [0.4, 0.5) is 0 Å². The summed E-state index contributed by atoms with van der Waals surface area (Å²) in [6, 6.07) is 0. The topological polar surface area (TPSA) is 18.5 Å². The molecule has 2 aliphatic heterocycles. The summed E-state index contributed by atoms with van der Waals surface area (Å²) in [6.45, 7) is 3.77. The predicted molar refractivity (Wildman–Crippen MR) is 33.3 cm³/mol. The van der Waals surface area contributed by atoms with Gasteiger partial charge < -0.3 is 9.47 Å². The van der Waals surface area contributed by atoms with Crippen LogP contribution in [0.25, 0.3) is 0 Å². The quantitative estimate of drug-likeness (QED) is 0.480. The van der Waals surface area contributed by atoms with Gasteiger partial charge in [-0.2, -0.15) is 0 Å². The molecular weight excluding hydrogens is 116 g/mol. The third-order valence-corrected chi connectivity index (χ3v) is 2.22. The summed E-state index contributed by atoms with van der Waals surface area (Å²) in [5, 5.41) is 0. The lowest BCUT2D eigenvalue weighted by molar-refractivity contribution is -0.172. The third kappa shape index (κ3) is 0.864. The third-order valence-electron chi connectivity index (χ3n) is 2.22. The molecule has 2 saturated heterocycles. The molecule has 0 bridgehead atoms. The Hall–Kier alpha value is -0.0800. The molecule has 0 saturated carbocycles. The molecule has 2 aliphatic rings. The van der Waals surface area contributed by atoms with E-state index in [1.165, 1.54) is 12.8 Å². The molecule has 0 radical (unpaired) electrons. The number of rotatable bonds is 0. The Labute approximate surface area is 55.1 Å². The standard InChI is InChI=1S/C7H12O2/c1-2-7(4-8-3-1)5-9-6-7/h1-6H2. The Morgan fingerprint density at radius 2 is 1.78 bits per heavy atom. The molecule has 0 aromatic heterocycles. The van der Waals surface area contributed by atoms with Gasteiger partial charge in [0.2, 0.25) is 0 Å². The normalized spacial score (nSPS) is 32.0. The fraction of sp³-hybridized carbons (Fsp3) is 1.00. The molecule has 2 fully saturated rings. The van der Waals surface area contributed by atoms with Gasteiger partial charge in [0.1, 0.15) is 0 Å². The molecular formula is C7H12O2. The maximum atomic E-state index is 5.35. The first kappa shape index (κ1) is 5.69. The van der Waals surface area contributed by atoms with Gasteiger partial charge in [0.25, 0.3) is 0 Å². The number of ether oxygens (including phenoxy) is 2. The summed E-state index contributed by atoms with van der Waals surface area (Å²) in [7, 11) is 0. The summed E-state index contributed by atoms with van der Waals surface area (Å²) in [4.78, 5) is 0. The average Bonchev–Trinajstić information content (AvgIpc) is 1.87. The van der Waals surface area contributed by atoms with Gasteiger partial charge in [-0.3, -0.25) is 0 Å². The second-order valence-corrected chi connectivity index (χ2v) is 3.15. The molecule has 0 aliphatic carbocycles. The van der Waals surface area contributed by atoms with Gasteiger partial charge in [0.15, 0.2) is 0 Å². The van der Waals surface area contributed by atoms with Gasteiger partial charge in [-0.05, 0) is 12.8 Å². The van der Waals surface area contributed by atoms with Crippen molar-refractivity contribution >= 4 is 0 Å². The lowest BCUT2D eigenvalue weighted by atomic mass is 9.81. The maximum Gasteiger partial charge on any atom is 0.0567 e. The molecule has 0 aromatic carbocycles. The minimum atomic E-state index is 0.457. The molecule has 52 valence electrons. The Balaban J connectivity index is 1.93. The molecule has 2 nitrogen and oxygen atoms in total. The van der Waals surface area contributed by atoms with Crippen molar-refractivity contribution in [3.05, 3.63) is 0 Å². The lowest BCUT2D eigenvalue weighted by Gasteiger charge is -2.43. The van der Waals surface area contributed by atoms with Crippen LogP contribution in [0.3, 0.4) is 0 Å². The maximum absolute atomic E-state index is 5.35. The van der Waals surface area contributed by atoms with Crippen LogP contribution in [0.1, 0.15) is 12.8 Å². The van der Waals surface area contributed by atoms with E-state index in [1.54, 1.807) is 0 Å². The van der Waals surface area contributed by atoms with Crippen molar-refractivity contribution in [2.24, 2.45) is 5.41 Å². The Morgan fingerprint density at radius 1 is 1.00 bits per heavy atom. The number of hydrogen-bond acceptors (Lipinski definition) is 2. The van der Waals surface area contributed by atoms with Crippen LogP contribution in [0.5, 0.6) is 0 Å². The minimum Gasteiger partial charge on any atom is -0.381 e. The Morgan fingerprint density at radius 3 is 2.11 bits per heavy atom. The zero-order valence-corrected chi connectivity index (χ0v) is 5.56. The van der Waals surface area contributed by atoms with Crippen LogP contribution in [0.15, 0.2) is 0 Å². The molecule has 2 heteroatoms. The van der Waals surface area contributed by atoms with Crippen molar-refractivity contribution in [3.8, 4) is 0 Å². The second kappa shape index (κ2) is 1.96. The highest BCUT2D eigenvalue weighted by atomic mass is 16.5. The van der Waals surface area contributed by atoms with Crippen LogP contribution in [0, 0.1) is 5.41 Å². The molecule has 0 atom stereocenters. The van der Waals surface area contributed by atoms with Crippen LogP contribution >= 0.6 is 0 Å². The van der Waals surface area contributed by atoms with Crippen LogP contribution in [-0.2, 0) is 9.47 Å². The first-order chi connectivity index (χ1) is 4.41. The van der Waals surface area contributed by atoms with Gasteiger partial charge in [0, 0.05) is 12.0 Å². The zero-order chi connectivity index (χ0) is 6.16. The monoisotopic (exact) mass is 128 g/mol. The van der Waals surface area contributed by atoms with E-state index in [2.05, 4.69) is 0 Å². The molecule has 9 heavy (non-hydrogen) atoms. The molecule has 2 rings (SSSR count). The summed E-state index contributed by atoms with van der Waals surface area (Å²) < 4.78 is 10.5. The van der Waals surface area contributed by atoms with Crippen molar-refractivity contribution in [3.63, 3.8) is 0 Å². The van der Waals surface area contributed by atoms with Gasteiger partial charge >= 0.3 is 0 Å². The average molecular weight is 128 g/mol. The van der Waals surface area contributed by atoms with E-state index in [1.807, 2.05) is 0 Å². The van der Waals surface area contributed by atoms with E-state index in [4.69, 9.17) is 9.47 Å². The van der Waals surface area contributed by atoms with E-state index in [0.717, 1.165) is 26.4 Å². The van der Waals surface area contributed by atoms with Gasteiger partial charge in [-0.15, -0.1) is 0 Å².